The summed E-state index contributed by atoms with van der Waals surface area (Å²) >= 11 is 1.76. The summed E-state index contributed by atoms with van der Waals surface area (Å²) in [5.41, 5.74) is 0. The second-order valence-corrected chi connectivity index (χ2v) is 5.71. The highest BCUT2D eigenvalue weighted by Crippen LogP contribution is 2.33. The second kappa shape index (κ2) is 6.42. The molecule has 1 heterocycles. The first-order chi connectivity index (χ1) is 8.31. The fourth-order valence-electron chi connectivity index (χ4n) is 2.16. The van der Waals surface area contributed by atoms with E-state index in [0.717, 1.165) is 36.9 Å². The largest absolute Gasteiger partial charge is 0.378 e. The topological polar surface area (TPSA) is 47.0 Å². The number of nitrogens with one attached hydrogen (secondary N) is 1. The third-order valence-corrected chi connectivity index (χ3v) is 4.16. The van der Waals surface area contributed by atoms with Gasteiger partial charge in [0, 0.05) is 26.0 Å². The Bertz CT molecular complexity index is 336. The minimum atomic E-state index is 0.502. The molecule has 1 N–H and O–H groups in total. The van der Waals surface area contributed by atoms with E-state index in [9.17, 15) is 0 Å². The smallest absolute Gasteiger partial charge is 0.118 e. The van der Waals surface area contributed by atoms with Crippen molar-refractivity contribution in [3.8, 4) is 0 Å². The molecular formula is C12H21N3OS. The Morgan fingerprint density at radius 1 is 1.35 bits per heavy atom. The van der Waals surface area contributed by atoms with E-state index in [1.54, 1.807) is 11.3 Å². The second-order valence-electron chi connectivity index (χ2n) is 4.56. The van der Waals surface area contributed by atoms with Gasteiger partial charge in [-0.15, -0.1) is 21.5 Å². The lowest BCUT2D eigenvalue weighted by Crippen LogP contribution is -2.32. The summed E-state index contributed by atoms with van der Waals surface area (Å²) < 4.78 is 5.56. The number of aromatic nitrogens is 2. The molecule has 1 aromatic rings. The Kier molecular flexibility index (Phi) is 4.88. The molecule has 1 aliphatic rings. The van der Waals surface area contributed by atoms with Crippen molar-refractivity contribution in [2.75, 3.05) is 20.2 Å². The lowest BCUT2D eigenvalue weighted by atomic mass is 9.80. The van der Waals surface area contributed by atoms with E-state index >= 15 is 0 Å². The number of rotatable bonds is 7. The zero-order valence-electron chi connectivity index (χ0n) is 10.6. The van der Waals surface area contributed by atoms with Crippen molar-refractivity contribution in [1.82, 2.24) is 15.5 Å². The molecule has 4 nitrogen and oxygen atoms in total. The van der Waals surface area contributed by atoms with Gasteiger partial charge in [-0.05, 0) is 32.7 Å². The molecular weight excluding hydrogens is 234 g/mol. The van der Waals surface area contributed by atoms with E-state index in [1.807, 2.05) is 7.05 Å². The van der Waals surface area contributed by atoms with Crippen LogP contribution in [-0.4, -0.2) is 36.5 Å². The maximum absolute atomic E-state index is 5.56. The van der Waals surface area contributed by atoms with E-state index in [0.29, 0.717) is 6.10 Å². The quantitative estimate of drug-likeness (QED) is 0.805. The van der Waals surface area contributed by atoms with E-state index in [-0.39, 0.29) is 0 Å². The van der Waals surface area contributed by atoms with Gasteiger partial charge in [-0.1, -0.05) is 0 Å². The Labute approximate surface area is 107 Å². The molecule has 0 bridgehead atoms. The van der Waals surface area contributed by atoms with E-state index in [2.05, 4.69) is 22.4 Å². The molecule has 17 heavy (non-hydrogen) atoms. The molecule has 0 amide bonds. The van der Waals surface area contributed by atoms with Crippen LogP contribution in [0.5, 0.6) is 0 Å². The summed E-state index contributed by atoms with van der Waals surface area (Å²) in [6.45, 7) is 3.88. The van der Waals surface area contributed by atoms with Crippen LogP contribution >= 0.6 is 11.3 Å². The van der Waals surface area contributed by atoms with Gasteiger partial charge in [0.25, 0.3) is 0 Å². The molecule has 0 radical (unpaired) electrons. The zero-order chi connectivity index (χ0) is 12.1. The van der Waals surface area contributed by atoms with Gasteiger partial charge in [0.2, 0.25) is 0 Å². The lowest BCUT2D eigenvalue weighted by molar-refractivity contribution is -0.0240. The van der Waals surface area contributed by atoms with Crippen LogP contribution in [0.15, 0.2) is 0 Å². The molecule has 1 saturated carbocycles. The van der Waals surface area contributed by atoms with Crippen LogP contribution in [0.2, 0.25) is 0 Å². The maximum atomic E-state index is 5.56. The average Bonchev–Trinajstić information content (AvgIpc) is 2.71. The summed E-state index contributed by atoms with van der Waals surface area (Å²) in [6, 6.07) is 0. The Morgan fingerprint density at radius 2 is 2.12 bits per heavy atom. The van der Waals surface area contributed by atoms with Crippen LogP contribution in [0, 0.1) is 5.92 Å². The SMILES string of the molecule is CCOC1CC(Cc2nnc(CCNC)s2)C1. The fourth-order valence-corrected chi connectivity index (χ4v) is 3.12. The van der Waals surface area contributed by atoms with Crippen LogP contribution in [0.1, 0.15) is 29.8 Å². The minimum absolute atomic E-state index is 0.502. The van der Waals surface area contributed by atoms with E-state index in [1.165, 1.54) is 17.8 Å². The van der Waals surface area contributed by atoms with Crippen molar-refractivity contribution in [2.45, 2.75) is 38.7 Å². The summed E-state index contributed by atoms with van der Waals surface area (Å²) in [6.07, 6.45) is 4.96. The van der Waals surface area contributed by atoms with Gasteiger partial charge in [-0.25, -0.2) is 0 Å². The number of hydrogen-bond acceptors (Lipinski definition) is 5. The normalized spacial score (nSPS) is 23.6. The summed E-state index contributed by atoms with van der Waals surface area (Å²) in [7, 11) is 1.96. The van der Waals surface area contributed by atoms with Gasteiger partial charge in [-0.2, -0.15) is 0 Å². The number of nitrogens with zero attached hydrogens (tertiary/aromatic N) is 2. The fraction of sp³-hybridized carbons (Fsp3) is 0.833. The monoisotopic (exact) mass is 255 g/mol. The highest BCUT2D eigenvalue weighted by atomic mass is 32.1. The predicted octanol–water partition coefficient (Wildman–Crippen LogP) is 1.66. The van der Waals surface area contributed by atoms with Gasteiger partial charge in [-0.3, -0.25) is 0 Å². The molecule has 0 aliphatic heterocycles. The van der Waals surface area contributed by atoms with Gasteiger partial charge < -0.3 is 10.1 Å². The van der Waals surface area contributed by atoms with Crippen molar-refractivity contribution < 1.29 is 4.74 Å². The maximum Gasteiger partial charge on any atom is 0.118 e. The molecule has 2 rings (SSSR count). The molecule has 0 unspecified atom stereocenters. The first-order valence-electron chi connectivity index (χ1n) is 6.39. The standard InChI is InChI=1S/C12H21N3OS/c1-3-16-10-6-9(7-10)8-12-15-14-11(17-12)4-5-13-2/h9-10,13H,3-8H2,1-2H3. The van der Waals surface area contributed by atoms with Crippen molar-refractivity contribution in [3.05, 3.63) is 10.0 Å². The number of likely N-dealkylation sites (N-methyl/N-ethyl adjacent to an activating group) is 1. The molecule has 0 atom stereocenters. The van der Waals surface area contributed by atoms with Gasteiger partial charge in [0.15, 0.2) is 0 Å². The Hall–Kier alpha value is -0.520. The van der Waals surface area contributed by atoms with Crippen LogP contribution in [0.4, 0.5) is 0 Å². The molecule has 0 spiro atoms. The number of hydrogen-bond donors (Lipinski definition) is 1. The lowest BCUT2D eigenvalue weighted by Gasteiger charge is -2.34. The summed E-state index contributed by atoms with van der Waals surface area (Å²) in [5.74, 6) is 0.761. The Morgan fingerprint density at radius 3 is 2.82 bits per heavy atom. The van der Waals surface area contributed by atoms with E-state index < -0.39 is 0 Å². The molecule has 96 valence electrons. The van der Waals surface area contributed by atoms with Gasteiger partial charge >= 0.3 is 0 Å². The van der Waals surface area contributed by atoms with Crippen molar-refractivity contribution in [3.63, 3.8) is 0 Å². The minimum Gasteiger partial charge on any atom is -0.378 e. The van der Waals surface area contributed by atoms with Crippen molar-refractivity contribution in [1.29, 1.82) is 0 Å². The molecule has 0 saturated heterocycles. The van der Waals surface area contributed by atoms with Crippen LogP contribution in [0.3, 0.4) is 0 Å². The van der Waals surface area contributed by atoms with Crippen molar-refractivity contribution in [2.24, 2.45) is 5.92 Å². The molecule has 1 aliphatic carbocycles. The zero-order valence-corrected chi connectivity index (χ0v) is 11.4. The summed E-state index contributed by atoms with van der Waals surface area (Å²) in [4.78, 5) is 0. The van der Waals surface area contributed by atoms with Crippen LogP contribution < -0.4 is 5.32 Å². The van der Waals surface area contributed by atoms with E-state index in [4.69, 9.17) is 4.74 Å². The highest BCUT2D eigenvalue weighted by Gasteiger charge is 2.30. The molecule has 5 heteroatoms. The van der Waals surface area contributed by atoms with Crippen LogP contribution in [-0.2, 0) is 17.6 Å². The molecule has 0 aromatic carbocycles. The van der Waals surface area contributed by atoms with Crippen LogP contribution in [0.25, 0.3) is 0 Å². The van der Waals surface area contributed by atoms with Crippen molar-refractivity contribution >= 4 is 11.3 Å². The van der Waals surface area contributed by atoms with Gasteiger partial charge in [0.05, 0.1) is 6.10 Å². The highest BCUT2D eigenvalue weighted by molar-refractivity contribution is 7.11. The van der Waals surface area contributed by atoms with Gasteiger partial charge in [0.1, 0.15) is 10.0 Å². The molecule has 1 fully saturated rings. The first-order valence-corrected chi connectivity index (χ1v) is 7.21. The summed E-state index contributed by atoms with van der Waals surface area (Å²) in [5, 5.41) is 13.9. The average molecular weight is 255 g/mol. The third-order valence-electron chi connectivity index (χ3n) is 3.16. The Balaban J connectivity index is 1.71. The third kappa shape index (κ3) is 3.72. The number of ether oxygens (including phenoxy) is 1. The predicted molar refractivity (Wildman–Crippen MR) is 69.4 cm³/mol. The first kappa shape index (κ1) is 12.9. The molecule has 1 aromatic heterocycles.